The minimum absolute atomic E-state index is 0.0508. The zero-order valence-corrected chi connectivity index (χ0v) is 11.1. The highest BCUT2D eigenvalue weighted by Crippen LogP contribution is 2.21. The molecule has 2 heterocycles. The van der Waals surface area contributed by atoms with Gasteiger partial charge in [-0.3, -0.25) is 9.78 Å². The van der Waals surface area contributed by atoms with Crippen molar-refractivity contribution < 1.29 is 9.53 Å². The molecule has 102 valence electrons. The SMILES string of the molecule is O=C(c1ccccc1)N1CCOC(c2ccccn2)C1. The lowest BCUT2D eigenvalue weighted by Crippen LogP contribution is -2.42. The van der Waals surface area contributed by atoms with Crippen molar-refractivity contribution in [2.24, 2.45) is 0 Å². The highest BCUT2D eigenvalue weighted by molar-refractivity contribution is 5.94. The lowest BCUT2D eigenvalue weighted by molar-refractivity contribution is -0.0247. The molecular formula is C16H16N2O2. The number of morpholine rings is 1. The molecule has 0 N–H and O–H groups in total. The number of pyridine rings is 1. The van der Waals surface area contributed by atoms with Gasteiger partial charge in [0.05, 0.1) is 18.8 Å². The maximum Gasteiger partial charge on any atom is 0.254 e. The summed E-state index contributed by atoms with van der Waals surface area (Å²) < 4.78 is 5.72. The number of carbonyl (C=O) groups excluding carboxylic acids is 1. The van der Waals surface area contributed by atoms with Gasteiger partial charge >= 0.3 is 0 Å². The fourth-order valence-electron chi connectivity index (χ4n) is 2.34. The quantitative estimate of drug-likeness (QED) is 0.839. The van der Waals surface area contributed by atoms with Crippen LogP contribution >= 0.6 is 0 Å². The van der Waals surface area contributed by atoms with Crippen molar-refractivity contribution in [3.8, 4) is 0 Å². The van der Waals surface area contributed by atoms with E-state index < -0.39 is 0 Å². The minimum atomic E-state index is -0.141. The number of ether oxygens (including phenoxy) is 1. The number of carbonyl (C=O) groups is 1. The third kappa shape index (κ3) is 2.70. The van der Waals surface area contributed by atoms with Crippen LogP contribution in [0, 0.1) is 0 Å². The average Bonchev–Trinajstić information content (AvgIpc) is 2.56. The number of rotatable bonds is 2. The van der Waals surface area contributed by atoms with Gasteiger partial charge in [0.1, 0.15) is 6.10 Å². The summed E-state index contributed by atoms with van der Waals surface area (Å²) in [5.74, 6) is 0.0508. The largest absolute Gasteiger partial charge is 0.368 e. The Morgan fingerprint density at radius 3 is 2.70 bits per heavy atom. The third-order valence-electron chi connectivity index (χ3n) is 3.39. The number of amides is 1. The van der Waals surface area contributed by atoms with Gasteiger partial charge in [0, 0.05) is 18.3 Å². The molecule has 1 atom stereocenters. The molecule has 2 aromatic rings. The van der Waals surface area contributed by atoms with E-state index in [0.29, 0.717) is 25.3 Å². The van der Waals surface area contributed by atoms with E-state index >= 15 is 0 Å². The molecule has 0 aliphatic carbocycles. The van der Waals surface area contributed by atoms with Gasteiger partial charge in [-0.25, -0.2) is 0 Å². The van der Waals surface area contributed by atoms with Crippen LogP contribution in [0.1, 0.15) is 22.2 Å². The maximum atomic E-state index is 12.4. The summed E-state index contributed by atoms with van der Waals surface area (Å²) in [5.41, 5.74) is 1.59. The molecule has 0 radical (unpaired) electrons. The fourth-order valence-corrected chi connectivity index (χ4v) is 2.34. The third-order valence-corrected chi connectivity index (χ3v) is 3.39. The van der Waals surface area contributed by atoms with Crippen LogP contribution in [0.4, 0.5) is 0 Å². The van der Waals surface area contributed by atoms with Gasteiger partial charge in [0.2, 0.25) is 0 Å². The molecule has 1 fully saturated rings. The van der Waals surface area contributed by atoms with E-state index in [2.05, 4.69) is 4.98 Å². The lowest BCUT2D eigenvalue weighted by atomic mass is 10.1. The number of hydrogen-bond acceptors (Lipinski definition) is 3. The Balaban J connectivity index is 1.74. The molecule has 1 aromatic carbocycles. The highest BCUT2D eigenvalue weighted by Gasteiger charge is 2.26. The monoisotopic (exact) mass is 268 g/mol. The molecule has 1 amide bonds. The van der Waals surface area contributed by atoms with Gasteiger partial charge < -0.3 is 9.64 Å². The van der Waals surface area contributed by atoms with Crippen LogP contribution in [-0.2, 0) is 4.74 Å². The first-order valence-corrected chi connectivity index (χ1v) is 6.71. The van der Waals surface area contributed by atoms with Gasteiger partial charge in [0.25, 0.3) is 5.91 Å². The smallest absolute Gasteiger partial charge is 0.254 e. The minimum Gasteiger partial charge on any atom is -0.368 e. The van der Waals surface area contributed by atoms with E-state index in [4.69, 9.17) is 4.74 Å². The molecule has 0 bridgehead atoms. The van der Waals surface area contributed by atoms with E-state index in [1.54, 1.807) is 6.20 Å². The number of hydrogen-bond donors (Lipinski definition) is 0. The number of aromatic nitrogens is 1. The van der Waals surface area contributed by atoms with Crippen molar-refractivity contribution in [3.63, 3.8) is 0 Å². The molecule has 1 aromatic heterocycles. The lowest BCUT2D eigenvalue weighted by Gasteiger charge is -2.32. The summed E-state index contributed by atoms with van der Waals surface area (Å²) in [6.07, 6.45) is 1.61. The predicted octanol–water partition coefficient (Wildman–Crippen LogP) is 2.30. The molecule has 1 aliphatic heterocycles. The molecule has 4 heteroatoms. The van der Waals surface area contributed by atoms with Crippen LogP contribution in [0.5, 0.6) is 0 Å². The van der Waals surface area contributed by atoms with Crippen molar-refractivity contribution >= 4 is 5.91 Å². The highest BCUT2D eigenvalue weighted by atomic mass is 16.5. The summed E-state index contributed by atoms with van der Waals surface area (Å²) in [6, 6.07) is 15.1. The Labute approximate surface area is 118 Å². The number of nitrogens with zero attached hydrogens (tertiary/aromatic N) is 2. The van der Waals surface area contributed by atoms with Gasteiger partial charge in [-0.15, -0.1) is 0 Å². The van der Waals surface area contributed by atoms with Crippen molar-refractivity contribution in [1.82, 2.24) is 9.88 Å². The molecule has 1 aliphatic rings. The van der Waals surface area contributed by atoms with Crippen LogP contribution in [-0.4, -0.2) is 35.5 Å². The molecule has 3 rings (SSSR count). The Bertz CT molecular complexity index is 572. The van der Waals surface area contributed by atoms with Crippen molar-refractivity contribution in [1.29, 1.82) is 0 Å². The van der Waals surface area contributed by atoms with Gasteiger partial charge in [-0.1, -0.05) is 24.3 Å². The van der Waals surface area contributed by atoms with Crippen LogP contribution in [0.25, 0.3) is 0 Å². The fraction of sp³-hybridized carbons (Fsp3) is 0.250. The van der Waals surface area contributed by atoms with Gasteiger partial charge in [-0.05, 0) is 24.3 Å². The summed E-state index contributed by atoms with van der Waals surface area (Å²) >= 11 is 0. The first kappa shape index (κ1) is 12.8. The second kappa shape index (κ2) is 5.84. The molecule has 1 saturated heterocycles. The molecule has 0 spiro atoms. The predicted molar refractivity (Wildman–Crippen MR) is 75.3 cm³/mol. The average molecular weight is 268 g/mol. The van der Waals surface area contributed by atoms with Crippen LogP contribution < -0.4 is 0 Å². The van der Waals surface area contributed by atoms with E-state index in [0.717, 1.165) is 5.69 Å². The molecule has 0 saturated carbocycles. The molecule has 20 heavy (non-hydrogen) atoms. The molecule has 1 unspecified atom stereocenters. The van der Waals surface area contributed by atoms with Crippen molar-refractivity contribution in [2.75, 3.05) is 19.7 Å². The second-order valence-corrected chi connectivity index (χ2v) is 4.73. The summed E-state index contributed by atoms with van der Waals surface area (Å²) in [4.78, 5) is 18.6. The summed E-state index contributed by atoms with van der Waals surface area (Å²) in [6.45, 7) is 1.71. The zero-order valence-electron chi connectivity index (χ0n) is 11.1. The molecular weight excluding hydrogens is 252 g/mol. The summed E-state index contributed by atoms with van der Waals surface area (Å²) in [5, 5.41) is 0. The Hall–Kier alpha value is -2.20. The van der Waals surface area contributed by atoms with E-state index in [1.807, 2.05) is 53.4 Å². The number of benzene rings is 1. The Kier molecular flexibility index (Phi) is 3.74. The standard InChI is InChI=1S/C16H16N2O2/c19-16(13-6-2-1-3-7-13)18-10-11-20-15(12-18)14-8-4-5-9-17-14/h1-9,15H,10-12H2. The Morgan fingerprint density at radius 2 is 1.95 bits per heavy atom. The van der Waals surface area contributed by atoms with Crippen LogP contribution in [0.15, 0.2) is 54.7 Å². The van der Waals surface area contributed by atoms with Gasteiger partial charge in [-0.2, -0.15) is 0 Å². The Morgan fingerprint density at radius 1 is 1.15 bits per heavy atom. The van der Waals surface area contributed by atoms with Crippen LogP contribution in [0.2, 0.25) is 0 Å². The van der Waals surface area contributed by atoms with Crippen molar-refractivity contribution in [3.05, 3.63) is 66.0 Å². The maximum absolute atomic E-state index is 12.4. The van der Waals surface area contributed by atoms with E-state index in [-0.39, 0.29) is 12.0 Å². The topological polar surface area (TPSA) is 42.4 Å². The summed E-state index contributed by atoms with van der Waals surface area (Å²) in [7, 11) is 0. The first-order valence-electron chi connectivity index (χ1n) is 6.71. The first-order chi connectivity index (χ1) is 9.84. The van der Waals surface area contributed by atoms with E-state index in [9.17, 15) is 4.79 Å². The molecule has 4 nitrogen and oxygen atoms in total. The van der Waals surface area contributed by atoms with E-state index in [1.165, 1.54) is 0 Å². The zero-order chi connectivity index (χ0) is 13.8. The van der Waals surface area contributed by atoms with Gasteiger partial charge in [0.15, 0.2) is 0 Å². The van der Waals surface area contributed by atoms with Crippen LogP contribution in [0.3, 0.4) is 0 Å². The second-order valence-electron chi connectivity index (χ2n) is 4.73. The normalized spacial score (nSPS) is 18.8. The van der Waals surface area contributed by atoms with Crippen molar-refractivity contribution in [2.45, 2.75) is 6.10 Å².